The molecular weight excluding hydrogens is 987 g/mol. The molecule has 19 heteroatoms. The number of nitrogens with zero attached hydrogens (tertiary/aromatic N) is 1. The van der Waals surface area contributed by atoms with Gasteiger partial charge in [-0.25, -0.2) is 0 Å². The Balaban J connectivity index is 0.000000182. The number of fused-ring (bicyclic) bond motifs is 5. The Morgan fingerprint density at radius 1 is 0.592 bits per heavy atom. The molecule has 10 rings (SSSR count). The summed E-state index contributed by atoms with van der Waals surface area (Å²) in [5.74, 6) is -1.87. The third kappa shape index (κ3) is 14.4. The number of aromatic amines is 4. The van der Waals surface area contributed by atoms with Gasteiger partial charge in [0.25, 0.3) is 0 Å². The molecule has 1 aliphatic carbocycles. The number of H-pyrrole nitrogens is 4. The van der Waals surface area contributed by atoms with Crippen LogP contribution in [0.3, 0.4) is 0 Å². The summed E-state index contributed by atoms with van der Waals surface area (Å²) in [6.45, 7) is 2.77. The second-order valence-corrected chi connectivity index (χ2v) is 18.5. The second kappa shape index (κ2) is 26.0. The monoisotopic (exact) mass is 1040 g/mol. The van der Waals surface area contributed by atoms with Crippen molar-refractivity contribution in [3.05, 3.63) is 140 Å². The van der Waals surface area contributed by atoms with Crippen LogP contribution in [0, 0.1) is 5.92 Å². The number of esters is 1. The molecule has 366 valence electrons. The molecule has 2 fully saturated rings. The van der Waals surface area contributed by atoms with E-state index in [0.717, 1.165) is 62.6 Å². The van der Waals surface area contributed by atoms with Gasteiger partial charge >= 0.3 is 30.8 Å². The van der Waals surface area contributed by atoms with E-state index in [9.17, 15) is 28.8 Å². The largest absolute Gasteiger partial charge is 1.00 e. The maximum absolute atomic E-state index is 12.8. The van der Waals surface area contributed by atoms with Crippen molar-refractivity contribution in [1.29, 1.82) is 0 Å². The minimum absolute atomic E-state index is 0. The van der Waals surface area contributed by atoms with Gasteiger partial charge in [-0.3, -0.25) is 28.8 Å². The fraction of sp³-hybridized carbons (Fsp3) is 0.269. The maximum atomic E-state index is 12.8. The van der Waals surface area contributed by atoms with E-state index < -0.39 is 24.1 Å². The maximum Gasteiger partial charge on any atom is 1.00 e. The fourth-order valence-electron chi connectivity index (χ4n) is 8.93. The number of amides is 1. The summed E-state index contributed by atoms with van der Waals surface area (Å²) in [6.07, 6.45) is 12.9. The van der Waals surface area contributed by atoms with Crippen LogP contribution in [0.1, 0.15) is 95.8 Å². The van der Waals surface area contributed by atoms with Gasteiger partial charge in [-0.05, 0) is 117 Å². The predicted octanol–water partition coefficient (Wildman–Crippen LogP) is 9.66. The first-order valence-corrected chi connectivity index (χ1v) is 24.0. The van der Waals surface area contributed by atoms with E-state index in [4.69, 9.17) is 56.2 Å². The number of carboxylic acid groups (broad SMARTS) is 1. The van der Waals surface area contributed by atoms with E-state index in [0.29, 0.717) is 49.1 Å². The van der Waals surface area contributed by atoms with Gasteiger partial charge in [0, 0.05) is 118 Å². The number of aromatic nitrogens is 4. The van der Waals surface area contributed by atoms with Gasteiger partial charge in [-0.2, -0.15) is 0 Å². The topological polar surface area (TPSA) is 228 Å². The molecule has 1 aliphatic heterocycles. The normalized spacial score (nSPS) is 14.8. The number of carbonyl (C=O) groups excluding carboxylic acids is 5. The van der Waals surface area contributed by atoms with Crippen LogP contribution in [-0.2, 0) is 19.1 Å². The number of aliphatic carboxylic acids is 1. The Morgan fingerprint density at radius 2 is 1.04 bits per heavy atom. The molecule has 2 unspecified atom stereocenters. The van der Waals surface area contributed by atoms with Gasteiger partial charge in [-0.1, -0.05) is 59.2 Å². The van der Waals surface area contributed by atoms with E-state index in [-0.39, 0.29) is 61.3 Å². The van der Waals surface area contributed by atoms with Gasteiger partial charge in [0.1, 0.15) is 12.8 Å². The number of ether oxygens (including phenoxy) is 1. The molecular formula is C52H50Cl4LiN5O9. The van der Waals surface area contributed by atoms with Crippen LogP contribution in [0.5, 0.6) is 0 Å². The summed E-state index contributed by atoms with van der Waals surface area (Å²) < 4.78 is 4.75. The van der Waals surface area contributed by atoms with E-state index >= 15 is 0 Å². The Kier molecular flexibility index (Phi) is 20.6. The Bertz CT molecular complexity index is 3180. The van der Waals surface area contributed by atoms with E-state index in [1.165, 1.54) is 31.9 Å². The molecule has 4 aromatic heterocycles. The summed E-state index contributed by atoms with van der Waals surface area (Å²) in [5, 5.41) is 14.3. The number of likely N-dealkylation sites (tertiary alicyclic amines) is 1. The van der Waals surface area contributed by atoms with Crippen molar-refractivity contribution >= 4 is 125 Å². The van der Waals surface area contributed by atoms with Crippen molar-refractivity contribution in [2.75, 3.05) is 13.2 Å². The van der Waals surface area contributed by atoms with Crippen LogP contribution in [0.15, 0.2) is 104 Å². The van der Waals surface area contributed by atoms with Gasteiger partial charge in [0.05, 0.1) is 13.0 Å². The van der Waals surface area contributed by atoms with Crippen molar-refractivity contribution in [2.45, 2.75) is 70.8 Å². The zero-order valence-corrected chi connectivity index (χ0v) is 42.0. The molecule has 14 nitrogen and oxygen atoms in total. The third-order valence-corrected chi connectivity index (χ3v) is 13.1. The van der Waals surface area contributed by atoms with Crippen LogP contribution in [0.4, 0.5) is 0 Å². The molecule has 1 saturated heterocycles. The Hall–Kier alpha value is -5.82. The number of rotatable bonds is 10. The van der Waals surface area contributed by atoms with Crippen LogP contribution < -0.4 is 18.9 Å². The summed E-state index contributed by atoms with van der Waals surface area (Å²) in [6, 6.07) is 23.9. The minimum atomic E-state index is -1.14. The summed E-state index contributed by atoms with van der Waals surface area (Å²) in [7, 11) is 0. The van der Waals surface area contributed by atoms with E-state index in [2.05, 4.69) is 19.9 Å². The minimum Gasteiger partial charge on any atom is -0.870 e. The summed E-state index contributed by atoms with van der Waals surface area (Å²) in [5.41, 5.74) is 4.95. The van der Waals surface area contributed by atoms with Crippen molar-refractivity contribution in [2.24, 2.45) is 5.92 Å². The standard InChI is InChI=1S/C20H23ClN2O2.C13H12ClNO3.C11H8ClNO3.C8H6ClN.Li.H2O/c21-14-7-8-17-15(10-14)16(12-22-17)19(24)11-20(25)23-9-3-5-13-4-1-2-6-18(13)23;1-2-18-13(17)6-12(16)10-7-15-11-4-3-8(14)5-9(10)11;12-6-1-2-9-7(3-6)8(5-13-9)10(14)4-11(15)16;9-7-1-2-8-6(5-7)3-4-10-8;;/h7-8,10,12-13,18,22H,1-6,9,11H2;3-5,7,15H,2,6H2,1H3;1-3,5,13H,4H2,(H,15,16);1-5,10H;;1H2/q;;;;+1;/p-1. The van der Waals surface area contributed by atoms with Crippen molar-refractivity contribution in [3.63, 3.8) is 0 Å². The number of benzene rings is 4. The van der Waals surface area contributed by atoms with Crippen LogP contribution >= 0.6 is 46.4 Å². The molecule has 2 aliphatic rings. The van der Waals surface area contributed by atoms with Crippen LogP contribution in [0.2, 0.25) is 20.1 Å². The van der Waals surface area contributed by atoms with Crippen molar-refractivity contribution < 1.29 is 62.9 Å². The number of nitrogens with one attached hydrogen (secondary N) is 4. The molecule has 1 amide bonds. The fourth-order valence-corrected chi connectivity index (χ4v) is 9.63. The summed E-state index contributed by atoms with van der Waals surface area (Å²) in [4.78, 5) is 84.9. The molecule has 5 heterocycles. The number of ketones is 3. The van der Waals surface area contributed by atoms with Gasteiger partial charge in [0.2, 0.25) is 5.91 Å². The smallest absolute Gasteiger partial charge is 0.870 e. The zero-order chi connectivity index (χ0) is 49.2. The quantitative estimate of drug-likeness (QED) is 0.0380. The number of Topliss-reactive ketones (excluding diaryl/α,β-unsaturated/α-hetero) is 3. The Morgan fingerprint density at radius 3 is 1.55 bits per heavy atom. The van der Waals surface area contributed by atoms with Crippen LogP contribution in [-0.4, -0.2) is 89.8 Å². The van der Waals surface area contributed by atoms with Gasteiger partial charge < -0.3 is 40.2 Å². The molecule has 8 aromatic rings. The third-order valence-electron chi connectivity index (χ3n) is 12.1. The SMILES string of the molecule is CCOC(=O)CC(=O)c1c[nH]c2ccc(Cl)cc12.Clc1ccc2[nH]ccc2c1.O=C(CC(=O)N1CCCC2CCCCC21)c1c[nH]c2ccc(Cl)cc12.O=C(O)CC(=O)c1c[nH]c2ccc(Cl)cc12.[Li+].[OH-]. The first kappa shape index (κ1) is 56.1. The molecule has 2 atom stereocenters. The molecule has 4 aromatic carbocycles. The number of carboxylic acids is 1. The van der Waals surface area contributed by atoms with Gasteiger partial charge in [0.15, 0.2) is 17.3 Å². The second-order valence-electron chi connectivity index (χ2n) is 16.7. The van der Waals surface area contributed by atoms with Gasteiger partial charge in [-0.15, -0.1) is 0 Å². The van der Waals surface area contributed by atoms with E-state index in [1.54, 1.807) is 67.8 Å². The number of hydrogen-bond donors (Lipinski definition) is 5. The van der Waals surface area contributed by atoms with Crippen molar-refractivity contribution in [1.82, 2.24) is 24.8 Å². The molecule has 1 saturated carbocycles. The summed E-state index contributed by atoms with van der Waals surface area (Å²) >= 11 is 23.5. The zero-order valence-electron chi connectivity index (χ0n) is 39.0. The molecule has 71 heavy (non-hydrogen) atoms. The number of hydrogen-bond acceptors (Lipinski definition) is 8. The number of halogens is 4. The number of carbonyl (C=O) groups is 6. The Labute approximate surface area is 440 Å². The molecule has 6 N–H and O–H groups in total. The predicted molar refractivity (Wildman–Crippen MR) is 273 cm³/mol. The van der Waals surface area contributed by atoms with Crippen molar-refractivity contribution in [3.8, 4) is 0 Å². The van der Waals surface area contributed by atoms with E-state index in [1.807, 2.05) is 41.4 Å². The first-order chi connectivity index (χ1) is 33.2. The van der Waals surface area contributed by atoms with Crippen LogP contribution in [0.25, 0.3) is 43.6 Å². The molecule has 0 bridgehead atoms. The number of piperidine rings is 1. The average Bonchev–Trinajstić information content (AvgIpc) is 4.15. The molecule has 0 spiro atoms. The molecule has 0 radical (unpaired) electrons. The first-order valence-electron chi connectivity index (χ1n) is 22.5. The average molecular weight is 1040 g/mol.